The largest absolute Gasteiger partial charge is 0.449 e. The first kappa shape index (κ1) is 23.4. The van der Waals surface area contributed by atoms with Gasteiger partial charge in [0, 0.05) is 12.5 Å². The topological polar surface area (TPSA) is 72.5 Å². The molecule has 0 fully saturated rings. The van der Waals surface area contributed by atoms with Crippen molar-refractivity contribution in [2.24, 2.45) is 11.3 Å². The molecule has 5 heteroatoms. The lowest BCUT2D eigenvalue weighted by atomic mass is 9.81. The number of rotatable bonds is 10. The molecule has 1 atom stereocenters. The molecule has 3 aromatic rings. The van der Waals surface area contributed by atoms with Crippen LogP contribution in [0.2, 0.25) is 0 Å². The molecule has 1 unspecified atom stereocenters. The average molecular weight is 456 g/mol. The summed E-state index contributed by atoms with van der Waals surface area (Å²) in [7, 11) is 0. The summed E-state index contributed by atoms with van der Waals surface area (Å²) in [5.74, 6) is -0.102. The Bertz CT molecular complexity index is 1100. The molecule has 1 aliphatic carbocycles. The van der Waals surface area contributed by atoms with Crippen molar-refractivity contribution in [1.29, 1.82) is 0 Å². The zero-order valence-electron chi connectivity index (χ0n) is 19.3. The van der Waals surface area contributed by atoms with E-state index < -0.39 is 11.5 Å². The van der Waals surface area contributed by atoms with Gasteiger partial charge in [0.1, 0.15) is 19.2 Å². The number of hydrogen-bond acceptors (Lipinski definition) is 4. The predicted octanol–water partition coefficient (Wildman–Crippen LogP) is 5.18. The van der Waals surface area contributed by atoms with Crippen molar-refractivity contribution in [2.45, 2.75) is 25.7 Å². The standard InChI is InChI=1S/C29H29NO4/c1-29(19-31,20-32)16-22(15-21-9-3-2-4-10-21)17-30-28(33)34-18-27-25-13-7-5-11-23(25)24-12-6-8-14-26(24)27/h2-14,19-20,22,27H,15-18H2,1H3,(H,30,33). The fourth-order valence-electron chi connectivity index (χ4n) is 4.79. The van der Waals surface area contributed by atoms with Gasteiger partial charge in [0.2, 0.25) is 0 Å². The van der Waals surface area contributed by atoms with Crippen LogP contribution in [0.1, 0.15) is 36.0 Å². The van der Waals surface area contributed by atoms with E-state index in [1.807, 2.05) is 54.6 Å². The van der Waals surface area contributed by atoms with Gasteiger partial charge in [-0.1, -0.05) is 78.9 Å². The van der Waals surface area contributed by atoms with Crippen LogP contribution in [0.25, 0.3) is 11.1 Å². The Morgan fingerprint density at radius 3 is 2.06 bits per heavy atom. The molecule has 1 amide bonds. The number of carbonyl (C=O) groups is 3. The van der Waals surface area contributed by atoms with Gasteiger partial charge < -0.3 is 19.6 Å². The molecular weight excluding hydrogens is 426 g/mol. The Labute approximate surface area is 200 Å². The lowest BCUT2D eigenvalue weighted by Crippen LogP contribution is -2.35. The molecule has 0 radical (unpaired) electrons. The molecule has 1 N–H and O–H groups in total. The van der Waals surface area contributed by atoms with Crippen LogP contribution in [0, 0.1) is 11.3 Å². The maximum Gasteiger partial charge on any atom is 0.407 e. The van der Waals surface area contributed by atoms with E-state index >= 15 is 0 Å². The van der Waals surface area contributed by atoms with Gasteiger partial charge in [0.25, 0.3) is 0 Å². The first-order valence-electron chi connectivity index (χ1n) is 11.6. The Kier molecular flexibility index (Phi) is 7.21. The van der Waals surface area contributed by atoms with E-state index in [1.165, 1.54) is 11.1 Å². The number of nitrogens with one attached hydrogen (secondary N) is 1. The maximum absolute atomic E-state index is 12.6. The van der Waals surface area contributed by atoms with Crippen LogP contribution in [0.4, 0.5) is 4.79 Å². The second-order valence-electron chi connectivity index (χ2n) is 9.21. The van der Waals surface area contributed by atoms with Gasteiger partial charge in [0.15, 0.2) is 0 Å². The highest BCUT2D eigenvalue weighted by Gasteiger charge is 2.30. The van der Waals surface area contributed by atoms with Crippen LogP contribution in [-0.2, 0) is 20.7 Å². The molecule has 0 saturated carbocycles. The second kappa shape index (κ2) is 10.5. The van der Waals surface area contributed by atoms with Crippen LogP contribution in [0.15, 0.2) is 78.9 Å². The first-order valence-corrected chi connectivity index (χ1v) is 11.6. The summed E-state index contributed by atoms with van der Waals surface area (Å²) >= 11 is 0. The van der Waals surface area contributed by atoms with E-state index in [4.69, 9.17) is 4.74 Å². The van der Waals surface area contributed by atoms with E-state index in [0.717, 1.165) is 16.7 Å². The first-order chi connectivity index (χ1) is 16.5. The third-order valence-corrected chi connectivity index (χ3v) is 6.51. The van der Waals surface area contributed by atoms with Crippen LogP contribution in [0.3, 0.4) is 0 Å². The molecule has 0 heterocycles. The van der Waals surface area contributed by atoms with Crippen LogP contribution < -0.4 is 5.32 Å². The summed E-state index contributed by atoms with van der Waals surface area (Å²) in [6, 6.07) is 26.2. The minimum atomic E-state index is -1.08. The number of aldehydes is 2. The Balaban J connectivity index is 1.39. The Morgan fingerprint density at radius 1 is 0.912 bits per heavy atom. The zero-order chi connectivity index (χ0) is 24.0. The number of alkyl carbamates (subject to hydrolysis) is 1. The van der Waals surface area contributed by atoms with E-state index in [-0.39, 0.29) is 18.4 Å². The quantitative estimate of drug-likeness (QED) is 0.338. The third-order valence-electron chi connectivity index (χ3n) is 6.51. The molecule has 0 saturated heterocycles. The van der Waals surface area contributed by atoms with E-state index in [1.54, 1.807) is 6.92 Å². The molecule has 5 nitrogen and oxygen atoms in total. The van der Waals surface area contributed by atoms with E-state index in [0.29, 0.717) is 32.0 Å². The van der Waals surface area contributed by atoms with Crippen LogP contribution in [-0.4, -0.2) is 31.8 Å². The van der Waals surface area contributed by atoms with E-state index in [2.05, 4.69) is 29.6 Å². The van der Waals surface area contributed by atoms with Gasteiger partial charge >= 0.3 is 6.09 Å². The molecule has 0 aromatic heterocycles. The molecule has 34 heavy (non-hydrogen) atoms. The van der Waals surface area contributed by atoms with Crippen molar-refractivity contribution in [3.8, 4) is 11.1 Å². The SMILES string of the molecule is CC(C=O)(C=O)CC(CNC(=O)OCC1c2ccccc2-c2ccccc21)Cc1ccccc1. The number of fused-ring (bicyclic) bond motifs is 3. The Morgan fingerprint density at radius 2 is 1.47 bits per heavy atom. The lowest BCUT2D eigenvalue weighted by molar-refractivity contribution is -0.126. The highest BCUT2D eigenvalue weighted by Crippen LogP contribution is 2.44. The van der Waals surface area contributed by atoms with Crippen molar-refractivity contribution in [1.82, 2.24) is 5.32 Å². The Hall–Kier alpha value is -3.73. The molecule has 3 aromatic carbocycles. The zero-order valence-corrected chi connectivity index (χ0v) is 19.3. The maximum atomic E-state index is 12.6. The smallest absolute Gasteiger partial charge is 0.407 e. The average Bonchev–Trinajstić information content (AvgIpc) is 3.20. The molecule has 4 rings (SSSR count). The summed E-state index contributed by atoms with van der Waals surface area (Å²) in [5.41, 5.74) is 4.68. The second-order valence-corrected chi connectivity index (χ2v) is 9.21. The number of hydrogen-bond donors (Lipinski definition) is 1. The van der Waals surface area contributed by atoms with Crippen molar-refractivity contribution in [2.75, 3.05) is 13.2 Å². The minimum absolute atomic E-state index is 0.00770. The minimum Gasteiger partial charge on any atom is -0.449 e. The van der Waals surface area contributed by atoms with Crippen molar-refractivity contribution < 1.29 is 19.1 Å². The van der Waals surface area contributed by atoms with Gasteiger partial charge in [-0.25, -0.2) is 4.79 Å². The van der Waals surface area contributed by atoms with E-state index in [9.17, 15) is 14.4 Å². The van der Waals surface area contributed by atoms with Gasteiger partial charge in [-0.05, 0) is 53.5 Å². The lowest BCUT2D eigenvalue weighted by Gasteiger charge is -2.24. The summed E-state index contributed by atoms with van der Waals surface area (Å²) in [5, 5.41) is 2.85. The summed E-state index contributed by atoms with van der Waals surface area (Å²) < 4.78 is 5.63. The van der Waals surface area contributed by atoms with Crippen molar-refractivity contribution in [3.63, 3.8) is 0 Å². The van der Waals surface area contributed by atoms with Gasteiger partial charge in [-0.3, -0.25) is 0 Å². The molecule has 0 spiro atoms. The fourth-order valence-corrected chi connectivity index (χ4v) is 4.79. The summed E-state index contributed by atoms with van der Waals surface area (Å²) in [4.78, 5) is 35.6. The van der Waals surface area contributed by atoms with Crippen molar-refractivity contribution in [3.05, 3.63) is 95.6 Å². The highest BCUT2D eigenvalue weighted by molar-refractivity contribution is 5.83. The van der Waals surface area contributed by atoms with Gasteiger partial charge in [0.05, 0.1) is 5.41 Å². The normalized spacial score (nSPS) is 13.4. The number of carbonyl (C=O) groups excluding carboxylic acids is 3. The monoisotopic (exact) mass is 455 g/mol. The van der Waals surface area contributed by atoms with Gasteiger partial charge in [-0.15, -0.1) is 0 Å². The third kappa shape index (κ3) is 5.25. The molecule has 1 aliphatic rings. The number of ether oxygens (including phenoxy) is 1. The molecule has 0 aliphatic heterocycles. The van der Waals surface area contributed by atoms with Crippen LogP contribution >= 0.6 is 0 Å². The highest BCUT2D eigenvalue weighted by atomic mass is 16.5. The molecule has 0 bridgehead atoms. The fraction of sp³-hybridized carbons (Fsp3) is 0.276. The number of benzene rings is 3. The molecule has 174 valence electrons. The van der Waals surface area contributed by atoms with Crippen molar-refractivity contribution >= 4 is 18.7 Å². The molecular formula is C29H29NO4. The summed E-state index contributed by atoms with van der Waals surface area (Å²) in [6.07, 6.45) is 1.86. The summed E-state index contributed by atoms with van der Waals surface area (Å²) in [6.45, 7) is 2.17. The van der Waals surface area contributed by atoms with Gasteiger partial charge in [-0.2, -0.15) is 0 Å². The predicted molar refractivity (Wildman–Crippen MR) is 132 cm³/mol. The number of amides is 1. The van der Waals surface area contributed by atoms with Crippen LogP contribution in [0.5, 0.6) is 0 Å².